The van der Waals surface area contributed by atoms with Crippen LogP contribution in [0, 0.1) is 0 Å². The molecule has 0 aliphatic carbocycles. The van der Waals surface area contributed by atoms with E-state index in [4.69, 9.17) is 4.42 Å². The van der Waals surface area contributed by atoms with Gasteiger partial charge in [-0.2, -0.15) is 0 Å². The minimum Gasteiger partial charge on any atom is -0.431 e. The minimum absolute atomic E-state index is 0.200. The lowest BCUT2D eigenvalue weighted by Gasteiger charge is -2.10. The largest absolute Gasteiger partial charge is 0.431 e. The highest BCUT2D eigenvalue weighted by atomic mass is 32.2. The second-order valence-electron chi connectivity index (χ2n) is 5.76. The molecule has 0 aliphatic heterocycles. The van der Waals surface area contributed by atoms with Gasteiger partial charge in [-0.25, -0.2) is 22.7 Å². The molecule has 0 unspecified atom stereocenters. The van der Waals surface area contributed by atoms with Crippen LogP contribution in [0.15, 0.2) is 57.0 Å². The van der Waals surface area contributed by atoms with E-state index in [1.807, 2.05) is 24.3 Å². The van der Waals surface area contributed by atoms with Gasteiger partial charge in [-0.15, -0.1) is 11.3 Å². The van der Waals surface area contributed by atoms with Crippen molar-refractivity contribution in [3.05, 3.63) is 47.5 Å². The highest BCUT2D eigenvalue weighted by Gasteiger charge is 2.19. The maximum atomic E-state index is 12.2. The predicted molar refractivity (Wildman–Crippen MR) is 104 cm³/mol. The number of benzene rings is 2. The number of fused-ring (bicyclic) bond motifs is 2. The van der Waals surface area contributed by atoms with E-state index in [0.717, 1.165) is 15.2 Å². The van der Waals surface area contributed by atoms with E-state index in [1.165, 1.54) is 42.3 Å². The number of hydrogen-bond acceptors (Lipinski definition) is 7. The van der Waals surface area contributed by atoms with Crippen molar-refractivity contribution in [2.24, 2.45) is 0 Å². The Morgan fingerprint density at radius 2 is 1.92 bits per heavy atom. The first-order valence-electron chi connectivity index (χ1n) is 7.74. The molecule has 0 atom stereocenters. The van der Waals surface area contributed by atoms with Gasteiger partial charge in [0.1, 0.15) is 10.5 Å². The molecule has 0 amide bonds. The van der Waals surface area contributed by atoms with Crippen LogP contribution >= 0.6 is 23.1 Å². The minimum atomic E-state index is -3.49. The molecule has 26 heavy (non-hydrogen) atoms. The molecule has 0 radical (unpaired) electrons. The monoisotopic (exact) mass is 405 g/mol. The van der Waals surface area contributed by atoms with Gasteiger partial charge >= 0.3 is 0 Å². The van der Waals surface area contributed by atoms with Crippen molar-refractivity contribution >= 4 is 54.4 Å². The van der Waals surface area contributed by atoms with Crippen LogP contribution in [0.5, 0.6) is 0 Å². The van der Waals surface area contributed by atoms with E-state index < -0.39 is 10.0 Å². The van der Waals surface area contributed by atoms with E-state index in [1.54, 1.807) is 17.4 Å². The van der Waals surface area contributed by atoms with Crippen LogP contribution in [0.25, 0.3) is 21.3 Å². The average Bonchev–Trinajstić information content (AvgIpc) is 3.22. The fraction of sp³-hybridized carbons (Fsp3) is 0.176. The van der Waals surface area contributed by atoms with Crippen molar-refractivity contribution in [2.45, 2.75) is 15.9 Å². The Hall–Kier alpha value is -1.94. The number of oxazole rings is 1. The molecule has 4 rings (SSSR count). The second-order valence-corrected chi connectivity index (χ2v) is 9.95. The molecule has 0 N–H and O–H groups in total. The van der Waals surface area contributed by atoms with Crippen LogP contribution in [0.2, 0.25) is 0 Å². The third kappa shape index (κ3) is 3.23. The van der Waals surface area contributed by atoms with Crippen LogP contribution < -0.4 is 0 Å². The van der Waals surface area contributed by atoms with Gasteiger partial charge in [-0.05, 0) is 30.3 Å². The van der Waals surface area contributed by atoms with Crippen molar-refractivity contribution in [1.29, 1.82) is 0 Å². The smallest absolute Gasteiger partial charge is 0.257 e. The summed E-state index contributed by atoms with van der Waals surface area (Å²) < 4.78 is 32.5. The molecule has 6 nitrogen and oxygen atoms in total. The van der Waals surface area contributed by atoms with Gasteiger partial charge in [0.2, 0.25) is 10.0 Å². The molecule has 0 spiro atoms. The van der Waals surface area contributed by atoms with Gasteiger partial charge in [0.25, 0.3) is 5.22 Å². The lowest BCUT2D eigenvalue weighted by Crippen LogP contribution is -2.22. The molecule has 0 bridgehead atoms. The summed E-state index contributed by atoms with van der Waals surface area (Å²) in [5, 5.41) is 1.49. The lowest BCUT2D eigenvalue weighted by molar-refractivity contribution is 0.489. The van der Waals surface area contributed by atoms with Gasteiger partial charge in [0.05, 0.1) is 20.9 Å². The molecule has 0 saturated carbocycles. The Balaban J connectivity index is 1.57. The zero-order valence-electron chi connectivity index (χ0n) is 14.0. The highest BCUT2D eigenvalue weighted by Crippen LogP contribution is 2.30. The molecule has 0 aliphatic rings. The zero-order chi connectivity index (χ0) is 18.3. The summed E-state index contributed by atoms with van der Waals surface area (Å²) in [4.78, 5) is 9.20. The Morgan fingerprint density at radius 1 is 1.12 bits per heavy atom. The average molecular weight is 406 g/mol. The maximum Gasteiger partial charge on any atom is 0.257 e. The number of sulfonamides is 1. The third-order valence-corrected chi connectivity index (χ3v) is 7.64. The molecular formula is C17H15N3O3S3. The number of hydrogen-bond donors (Lipinski definition) is 0. The third-order valence-electron chi connectivity index (χ3n) is 3.78. The summed E-state index contributed by atoms with van der Waals surface area (Å²) in [6, 6.07) is 12.7. The first kappa shape index (κ1) is 17.5. The Labute approximate surface area is 158 Å². The molecular weight excluding hydrogens is 390 g/mol. The number of thioether (sulfide) groups is 1. The van der Waals surface area contributed by atoms with Crippen molar-refractivity contribution in [3.8, 4) is 0 Å². The first-order chi connectivity index (χ1) is 12.4. The molecule has 134 valence electrons. The number of rotatable bonds is 5. The van der Waals surface area contributed by atoms with Gasteiger partial charge < -0.3 is 4.42 Å². The van der Waals surface area contributed by atoms with Crippen LogP contribution in [-0.4, -0.2) is 36.8 Å². The Bertz CT molecular complexity index is 1160. The van der Waals surface area contributed by atoms with Crippen molar-refractivity contribution in [1.82, 2.24) is 14.3 Å². The molecule has 0 fully saturated rings. The standard InChI is InChI=1S/C17H15N3O3S3/c1-20(2)26(21,22)11-7-8-14-13(9-11)19-17(23-14)24-10-16-18-12-5-3-4-6-15(12)25-16/h3-9H,10H2,1-2H3. The summed E-state index contributed by atoms with van der Waals surface area (Å²) in [5.74, 6) is 0.648. The van der Waals surface area contributed by atoms with Crippen molar-refractivity contribution in [3.63, 3.8) is 0 Å². The number of aromatic nitrogens is 2. The summed E-state index contributed by atoms with van der Waals surface area (Å²) in [6.07, 6.45) is 0. The normalized spacial score (nSPS) is 12.4. The topological polar surface area (TPSA) is 76.3 Å². The van der Waals surface area contributed by atoms with E-state index in [9.17, 15) is 8.42 Å². The maximum absolute atomic E-state index is 12.2. The molecule has 2 aromatic carbocycles. The highest BCUT2D eigenvalue weighted by molar-refractivity contribution is 7.98. The molecule has 2 heterocycles. The van der Waals surface area contributed by atoms with Gasteiger partial charge in [0, 0.05) is 14.1 Å². The van der Waals surface area contributed by atoms with Gasteiger partial charge in [0.15, 0.2) is 5.58 Å². The van der Waals surface area contributed by atoms with Gasteiger partial charge in [-0.3, -0.25) is 0 Å². The number of thiazole rings is 1. The van der Waals surface area contributed by atoms with Crippen LogP contribution in [0.3, 0.4) is 0 Å². The summed E-state index contributed by atoms with van der Waals surface area (Å²) in [7, 11) is -0.489. The van der Waals surface area contributed by atoms with E-state index in [0.29, 0.717) is 22.1 Å². The summed E-state index contributed by atoms with van der Waals surface area (Å²) >= 11 is 3.09. The fourth-order valence-electron chi connectivity index (χ4n) is 2.42. The Kier molecular flexibility index (Phi) is 4.47. The quantitative estimate of drug-likeness (QED) is 0.468. The SMILES string of the molecule is CN(C)S(=O)(=O)c1ccc2oc(SCc3nc4ccccc4s3)nc2c1. The van der Waals surface area contributed by atoms with E-state index >= 15 is 0 Å². The molecule has 2 aromatic heterocycles. The number of para-hydroxylation sites is 1. The molecule has 0 saturated heterocycles. The summed E-state index contributed by atoms with van der Waals surface area (Å²) in [5.41, 5.74) is 2.08. The zero-order valence-corrected chi connectivity index (χ0v) is 16.5. The van der Waals surface area contributed by atoms with E-state index in [2.05, 4.69) is 9.97 Å². The second kappa shape index (κ2) is 6.66. The Morgan fingerprint density at radius 3 is 2.69 bits per heavy atom. The van der Waals surface area contributed by atoms with E-state index in [-0.39, 0.29) is 4.90 Å². The fourth-order valence-corrected chi connectivity index (χ4v) is 5.14. The summed E-state index contributed by atoms with van der Waals surface area (Å²) in [6.45, 7) is 0. The van der Waals surface area contributed by atoms with Crippen molar-refractivity contribution in [2.75, 3.05) is 14.1 Å². The first-order valence-corrected chi connectivity index (χ1v) is 11.0. The number of nitrogens with zero attached hydrogens (tertiary/aromatic N) is 3. The van der Waals surface area contributed by atoms with Crippen LogP contribution in [0.4, 0.5) is 0 Å². The van der Waals surface area contributed by atoms with Crippen LogP contribution in [0.1, 0.15) is 5.01 Å². The molecule has 4 aromatic rings. The predicted octanol–water partition coefficient (Wildman–Crippen LogP) is 3.98. The molecule has 9 heteroatoms. The van der Waals surface area contributed by atoms with Gasteiger partial charge in [-0.1, -0.05) is 23.9 Å². The lowest BCUT2D eigenvalue weighted by atomic mass is 10.3. The van der Waals surface area contributed by atoms with Crippen molar-refractivity contribution < 1.29 is 12.8 Å². The van der Waals surface area contributed by atoms with Crippen LogP contribution in [-0.2, 0) is 15.8 Å².